The number of nitrogens with one attached hydrogen (secondary N) is 2. The zero-order valence-corrected chi connectivity index (χ0v) is 12.3. The summed E-state index contributed by atoms with van der Waals surface area (Å²) in [7, 11) is 0. The molecule has 0 aliphatic carbocycles. The van der Waals surface area contributed by atoms with Crippen LogP contribution in [0.25, 0.3) is 0 Å². The fourth-order valence-electron chi connectivity index (χ4n) is 2.03. The lowest BCUT2D eigenvalue weighted by molar-refractivity contribution is -0.125. The van der Waals surface area contributed by atoms with Crippen LogP contribution in [-0.4, -0.2) is 30.9 Å². The average Bonchev–Trinajstić information content (AvgIpc) is 2.39. The predicted octanol–water partition coefficient (Wildman–Crippen LogP) is 0.426. The monoisotopic (exact) mass is 277 g/mol. The van der Waals surface area contributed by atoms with Crippen LogP contribution in [0.5, 0.6) is 0 Å². The quantitative estimate of drug-likeness (QED) is 0.705. The van der Waals surface area contributed by atoms with Crippen LogP contribution in [-0.2, 0) is 16.0 Å². The zero-order valence-electron chi connectivity index (χ0n) is 12.3. The number of hydrogen-bond acceptors (Lipinski definition) is 3. The molecule has 0 saturated heterocycles. The summed E-state index contributed by atoms with van der Waals surface area (Å²) in [6, 6.07) is 6.30. The lowest BCUT2D eigenvalue weighted by Crippen LogP contribution is -2.43. The van der Waals surface area contributed by atoms with Gasteiger partial charge in [-0.15, -0.1) is 0 Å². The van der Waals surface area contributed by atoms with Crippen LogP contribution >= 0.6 is 0 Å². The molecule has 110 valence electrons. The van der Waals surface area contributed by atoms with E-state index < -0.39 is 0 Å². The highest BCUT2D eigenvalue weighted by Crippen LogP contribution is 2.12. The zero-order chi connectivity index (χ0) is 15.1. The molecule has 1 atom stereocenters. The molecule has 0 aromatic heterocycles. The summed E-state index contributed by atoms with van der Waals surface area (Å²) in [6.45, 7) is 5.93. The van der Waals surface area contributed by atoms with Crippen LogP contribution in [0.3, 0.4) is 0 Å². The van der Waals surface area contributed by atoms with Gasteiger partial charge in [-0.05, 0) is 38.3 Å². The van der Waals surface area contributed by atoms with Gasteiger partial charge in [0.25, 0.3) is 0 Å². The van der Waals surface area contributed by atoms with Crippen molar-refractivity contribution in [2.75, 3.05) is 13.1 Å². The first-order valence-electron chi connectivity index (χ1n) is 6.74. The first-order valence-corrected chi connectivity index (χ1v) is 6.74. The largest absolute Gasteiger partial charge is 0.352 e. The second-order valence-corrected chi connectivity index (χ2v) is 5.08. The van der Waals surface area contributed by atoms with Crippen molar-refractivity contribution in [3.8, 4) is 0 Å². The van der Waals surface area contributed by atoms with E-state index in [1.54, 1.807) is 0 Å². The average molecular weight is 277 g/mol. The minimum absolute atomic E-state index is 0.0127. The van der Waals surface area contributed by atoms with Gasteiger partial charge in [-0.25, -0.2) is 0 Å². The molecule has 1 aromatic carbocycles. The van der Waals surface area contributed by atoms with Crippen molar-refractivity contribution in [3.63, 3.8) is 0 Å². The fourth-order valence-corrected chi connectivity index (χ4v) is 2.03. The van der Waals surface area contributed by atoms with E-state index in [1.165, 1.54) is 16.7 Å². The number of carbonyl (C=O) groups excluding carboxylic acids is 2. The number of amides is 2. The number of nitrogens with two attached hydrogens (primary N) is 1. The van der Waals surface area contributed by atoms with Gasteiger partial charge >= 0.3 is 0 Å². The summed E-state index contributed by atoms with van der Waals surface area (Å²) in [6.07, 6.45) is 0.767. The molecule has 2 amide bonds. The van der Waals surface area contributed by atoms with Crippen molar-refractivity contribution in [3.05, 3.63) is 34.9 Å². The summed E-state index contributed by atoms with van der Waals surface area (Å²) >= 11 is 0. The molecule has 5 nitrogen and oxygen atoms in total. The molecular formula is C15H23N3O2. The molecule has 1 rings (SSSR count). The van der Waals surface area contributed by atoms with Crippen molar-refractivity contribution >= 4 is 11.8 Å². The number of benzene rings is 1. The van der Waals surface area contributed by atoms with E-state index in [0.717, 1.165) is 6.42 Å². The van der Waals surface area contributed by atoms with Crippen LogP contribution in [0.15, 0.2) is 18.2 Å². The number of hydrogen-bond donors (Lipinski definition) is 3. The van der Waals surface area contributed by atoms with Crippen molar-refractivity contribution in [2.24, 2.45) is 5.73 Å². The Bertz CT molecular complexity index is 486. The molecule has 0 bridgehead atoms. The van der Waals surface area contributed by atoms with E-state index in [2.05, 4.69) is 42.7 Å². The first kappa shape index (κ1) is 16.2. The highest BCUT2D eigenvalue weighted by Gasteiger charge is 2.10. The summed E-state index contributed by atoms with van der Waals surface area (Å²) in [5.41, 5.74) is 8.82. The molecule has 1 unspecified atom stereocenters. The Kier molecular flexibility index (Phi) is 6.18. The Hall–Kier alpha value is -1.88. The molecular weight excluding hydrogens is 254 g/mol. The predicted molar refractivity (Wildman–Crippen MR) is 79.3 cm³/mol. The topological polar surface area (TPSA) is 84.2 Å². The molecule has 5 heteroatoms. The third-order valence-corrected chi connectivity index (χ3v) is 3.06. The SMILES string of the molecule is Cc1ccc(CC(C)NC(=O)CNC(=O)CN)c(C)c1. The minimum atomic E-state index is -0.331. The fraction of sp³-hybridized carbons (Fsp3) is 0.467. The summed E-state index contributed by atoms with van der Waals surface area (Å²) < 4.78 is 0. The van der Waals surface area contributed by atoms with E-state index in [9.17, 15) is 9.59 Å². The summed E-state index contributed by atoms with van der Waals surface area (Å²) in [5, 5.41) is 5.30. The second kappa shape index (κ2) is 7.65. The van der Waals surface area contributed by atoms with Gasteiger partial charge < -0.3 is 16.4 Å². The number of carbonyl (C=O) groups is 2. The Morgan fingerprint density at radius 3 is 2.55 bits per heavy atom. The minimum Gasteiger partial charge on any atom is -0.352 e. The lowest BCUT2D eigenvalue weighted by Gasteiger charge is -2.16. The standard InChI is InChI=1S/C15H23N3O2/c1-10-4-5-13(11(2)6-10)7-12(3)18-15(20)9-17-14(19)8-16/h4-6,12H,7-9,16H2,1-3H3,(H,17,19)(H,18,20). The summed E-state index contributed by atoms with van der Waals surface area (Å²) in [5.74, 6) is -0.536. The first-order chi connectivity index (χ1) is 9.42. The van der Waals surface area contributed by atoms with Crippen LogP contribution in [0.1, 0.15) is 23.6 Å². The number of rotatable bonds is 6. The molecule has 4 N–H and O–H groups in total. The second-order valence-electron chi connectivity index (χ2n) is 5.08. The van der Waals surface area contributed by atoms with E-state index in [1.807, 2.05) is 6.92 Å². The van der Waals surface area contributed by atoms with Crippen molar-refractivity contribution in [1.82, 2.24) is 10.6 Å². The molecule has 0 aliphatic heterocycles. The van der Waals surface area contributed by atoms with Gasteiger partial charge in [0.1, 0.15) is 0 Å². The van der Waals surface area contributed by atoms with Crippen LogP contribution < -0.4 is 16.4 Å². The molecule has 1 aromatic rings. The van der Waals surface area contributed by atoms with Crippen LogP contribution in [0.2, 0.25) is 0 Å². The highest BCUT2D eigenvalue weighted by atomic mass is 16.2. The smallest absolute Gasteiger partial charge is 0.239 e. The normalized spacial score (nSPS) is 11.8. The maximum atomic E-state index is 11.6. The van der Waals surface area contributed by atoms with E-state index in [4.69, 9.17) is 5.73 Å². The third kappa shape index (κ3) is 5.40. The molecule has 0 aliphatic rings. The van der Waals surface area contributed by atoms with Gasteiger partial charge in [0.2, 0.25) is 11.8 Å². The van der Waals surface area contributed by atoms with Crippen LogP contribution in [0.4, 0.5) is 0 Å². The van der Waals surface area contributed by atoms with Gasteiger partial charge in [-0.1, -0.05) is 23.8 Å². The molecule has 20 heavy (non-hydrogen) atoms. The maximum absolute atomic E-state index is 11.6. The van der Waals surface area contributed by atoms with Crippen molar-refractivity contribution < 1.29 is 9.59 Å². The maximum Gasteiger partial charge on any atom is 0.239 e. The van der Waals surface area contributed by atoms with Gasteiger partial charge in [-0.3, -0.25) is 9.59 Å². The van der Waals surface area contributed by atoms with Gasteiger partial charge in [0, 0.05) is 6.04 Å². The Morgan fingerprint density at radius 2 is 1.95 bits per heavy atom. The van der Waals surface area contributed by atoms with E-state index in [0.29, 0.717) is 0 Å². The van der Waals surface area contributed by atoms with Crippen LogP contribution in [0, 0.1) is 13.8 Å². The van der Waals surface area contributed by atoms with Gasteiger partial charge in [-0.2, -0.15) is 0 Å². The Morgan fingerprint density at radius 1 is 1.25 bits per heavy atom. The summed E-state index contributed by atoms with van der Waals surface area (Å²) in [4.78, 5) is 22.6. The van der Waals surface area contributed by atoms with E-state index >= 15 is 0 Å². The third-order valence-electron chi connectivity index (χ3n) is 3.06. The Balaban J connectivity index is 2.44. The highest BCUT2D eigenvalue weighted by molar-refractivity contribution is 5.85. The number of aryl methyl sites for hydroxylation is 2. The van der Waals surface area contributed by atoms with Crippen molar-refractivity contribution in [1.29, 1.82) is 0 Å². The molecule has 0 fully saturated rings. The lowest BCUT2D eigenvalue weighted by atomic mass is 10.00. The van der Waals surface area contributed by atoms with Gasteiger partial charge in [0.15, 0.2) is 0 Å². The van der Waals surface area contributed by atoms with Gasteiger partial charge in [0.05, 0.1) is 13.1 Å². The van der Waals surface area contributed by atoms with E-state index in [-0.39, 0.29) is 30.9 Å². The Labute approximate surface area is 119 Å². The molecule has 0 spiro atoms. The molecule has 0 radical (unpaired) electrons. The molecule has 0 heterocycles. The molecule has 0 saturated carbocycles. The van der Waals surface area contributed by atoms with Crippen molar-refractivity contribution in [2.45, 2.75) is 33.2 Å².